The predicted molar refractivity (Wildman–Crippen MR) is 98.2 cm³/mol. The molecule has 1 aliphatic heterocycles. The molecule has 0 bridgehead atoms. The van der Waals surface area contributed by atoms with Crippen molar-refractivity contribution in [2.24, 2.45) is 0 Å². The van der Waals surface area contributed by atoms with Gasteiger partial charge in [0, 0.05) is 18.5 Å². The highest BCUT2D eigenvalue weighted by atomic mass is 32.2. The van der Waals surface area contributed by atoms with E-state index in [1.807, 2.05) is 0 Å². The minimum Gasteiger partial charge on any atom is -0.298 e. The van der Waals surface area contributed by atoms with Crippen LogP contribution in [-0.2, 0) is 23.0 Å². The van der Waals surface area contributed by atoms with Crippen LogP contribution in [0.1, 0.15) is 31.2 Å². The second-order valence-corrected chi connectivity index (χ2v) is 8.26. The number of sulfonamides is 1. The zero-order valence-corrected chi connectivity index (χ0v) is 15.7. The summed E-state index contributed by atoms with van der Waals surface area (Å²) in [7, 11) is -3.50. The number of nitrogens with one attached hydrogen (secondary N) is 2. The Morgan fingerprint density at radius 3 is 2.85 bits per heavy atom. The number of rotatable bonds is 5. The van der Waals surface area contributed by atoms with Gasteiger partial charge in [-0.05, 0) is 38.0 Å². The maximum atomic E-state index is 14.3. The third-order valence-corrected chi connectivity index (χ3v) is 5.62. The molecule has 0 saturated heterocycles. The molecule has 11 heteroatoms. The summed E-state index contributed by atoms with van der Waals surface area (Å²) in [5.74, 6) is -0.113. The molecule has 3 rings (SSSR count). The third-order valence-electron chi connectivity index (χ3n) is 4.11. The summed E-state index contributed by atoms with van der Waals surface area (Å²) in [6.45, 7) is 2.05. The van der Waals surface area contributed by atoms with Crippen LogP contribution in [0.4, 0.5) is 4.39 Å². The van der Waals surface area contributed by atoms with Crippen LogP contribution in [0.2, 0.25) is 0 Å². The first kappa shape index (κ1) is 18.7. The first-order chi connectivity index (χ1) is 12.3. The van der Waals surface area contributed by atoms with Gasteiger partial charge in [-0.15, -0.1) is 9.93 Å². The van der Waals surface area contributed by atoms with Crippen LogP contribution in [0.25, 0.3) is 5.69 Å². The molecular formula is C15H18FN5O3S2. The fourth-order valence-electron chi connectivity index (χ4n) is 2.64. The number of fused-ring (bicyclic) bond motifs is 1. The molecule has 2 N–H and O–H groups in total. The van der Waals surface area contributed by atoms with Crippen molar-refractivity contribution >= 4 is 27.2 Å². The predicted octanol–water partition coefficient (Wildman–Crippen LogP) is 0.629. The molecule has 0 spiro atoms. The van der Waals surface area contributed by atoms with E-state index in [-0.39, 0.29) is 16.4 Å². The Morgan fingerprint density at radius 2 is 2.15 bits per heavy atom. The normalized spacial score (nSPS) is 14.1. The topological polar surface area (TPSA) is 98.0 Å². The van der Waals surface area contributed by atoms with E-state index in [1.165, 1.54) is 19.1 Å². The molecule has 2 heterocycles. The van der Waals surface area contributed by atoms with Gasteiger partial charge in [0.15, 0.2) is 0 Å². The van der Waals surface area contributed by atoms with Gasteiger partial charge in [-0.25, -0.2) is 17.6 Å². The number of aryl methyl sites for hydroxylation is 1. The molecule has 8 nitrogen and oxygen atoms in total. The number of aromatic nitrogens is 3. The lowest BCUT2D eigenvalue weighted by Crippen LogP contribution is -2.41. The van der Waals surface area contributed by atoms with E-state index in [4.69, 9.17) is 12.2 Å². The van der Waals surface area contributed by atoms with Crippen molar-refractivity contribution in [2.45, 2.75) is 32.7 Å². The molecule has 0 atom stereocenters. The van der Waals surface area contributed by atoms with E-state index in [1.54, 1.807) is 4.57 Å². The quantitative estimate of drug-likeness (QED) is 0.565. The number of benzene rings is 1. The molecule has 0 aliphatic carbocycles. The van der Waals surface area contributed by atoms with Gasteiger partial charge in [0.25, 0.3) is 0 Å². The summed E-state index contributed by atoms with van der Waals surface area (Å²) in [6.07, 6.45) is 2.49. The number of hydrogen-bond donors (Lipinski definition) is 2. The summed E-state index contributed by atoms with van der Waals surface area (Å²) in [5.41, 5.74) is 2.33. The summed E-state index contributed by atoms with van der Waals surface area (Å²) >= 11 is 5.14. The van der Waals surface area contributed by atoms with Crippen LogP contribution in [0.15, 0.2) is 23.0 Å². The number of halogens is 1. The van der Waals surface area contributed by atoms with Crippen LogP contribution in [0, 0.1) is 5.82 Å². The molecule has 1 aromatic heterocycles. The average Bonchev–Trinajstić information content (AvgIpc) is 2.97. The van der Waals surface area contributed by atoms with Crippen molar-refractivity contribution in [1.82, 2.24) is 24.6 Å². The van der Waals surface area contributed by atoms with E-state index in [0.717, 1.165) is 23.6 Å². The van der Waals surface area contributed by atoms with Gasteiger partial charge >= 0.3 is 5.69 Å². The largest absolute Gasteiger partial charge is 0.350 e. The highest BCUT2D eigenvalue weighted by Gasteiger charge is 2.20. The minimum atomic E-state index is -3.50. The smallest absolute Gasteiger partial charge is 0.298 e. The zero-order valence-electron chi connectivity index (χ0n) is 14.0. The van der Waals surface area contributed by atoms with Gasteiger partial charge in [-0.1, -0.05) is 12.2 Å². The molecule has 0 radical (unpaired) electrons. The number of nitrogens with zero attached hydrogens (tertiary/aromatic N) is 3. The van der Waals surface area contributed by atoms with E-state index in [9.17, 15) is 17.6 Å². The SMILES string of the molecule is CCS(=O)(=O)NNC(=S)c1ccc(F)c(-n2nc3n(c2=O)CCCC3)c1. The Balaban J connectivity index is 1.93. The standard InChI is InChI=1S/C15H18FN5O3S2/c1-2-26(23,24)19-17-14(25)10-6-7-11(16)12(9-10)21-15(22)20-8-4-3-5-13(20)18-21/h6-7,9,19H,2-5,8H2,1H3,(H,17,25). The Labute approximate surface area is 155 Å². The van der Waals surface area contributed by atoms with E-state index >= 15 is 0 Å². The Kier molecular flexibility index (Phi) is 5.21. The summed E-state index contributed by atoms with van der Waals surface area (Å²) in [4.78, 5) is 14.7. The molecule has 26 heavy (non-hydrogen) atoms. The van der Waals surface area contributed by atoms with Gasteiger partial charge in [0.1, 0.15) is 22.3 Å². The molecule has 140 valence electrons. The van der Waals surface area contributed by atoms with E-state index in [0.29, 0.717) is 24.4 Å². The molecule has 1 aromatic carbocycles. The molecule has 0 amide bonds. The van der Waals surface area contributed by atoms with Crippen molar-refractivity contribution < 1.29 is 12.8 Å². The molecule has 0 unspecified atom stereocenters. The second kappa shape index (κ2) is 7.25. The number of hydrogen-bond acceptors (Lipinski definition) is 5. The van der Waals surface area contributed by atoms with Crippen molar-refractivity contribution in [3.05, 3.63) is 45.9 Å². The van der Waals surface area contributed by atoms with Gasteiger partial charge in [0.05, 0.1) is 5.75 Å². The lowest BCUT2D eigenvalue weighted by Gasteiger charge is -2.10. The van der Waals surface area contributed by atoms with Crippen molar-refractivity contribution in [3.63, 3.8) is 0 Å². The average molecular weight is 399 g/mol. The van der Waals surface area contributed by atoms with E-state index < -0.39 is 21.5 Å². The van der Waals surface area contributed by atoms with Gasteiger partial charge < -0.3 is 0 Å². The lowest BCUT2D eigenvalue weighted by molar-refractivity contribution is 0.512. The van der Waals surface area contributed by atoms with Gasteiger partial charge in [0.2, 0.25) is 10.0 Å². The molecule has 1 aliphatic rings. The first-order valence-corrected chi connectivity index (χ1v) is 10.2. The Bertz CT molecular complexity index is 1010. The summed E-state index contributed by atoms with van der Waals surface area (Å²) < 4.78 is 39.8. The minimum absolute atomic E-state index is 0.0306. The van der Waals surface area contributed by atoms with Gasteiger partial charge in [-0.2, -0.15) is 4.68 Å². The summed E-state index contributed by atoms with van der Waals surface area (Å²) in [5, 5.41) is 4.23. The lowest BCUT2D eigenvalue weighted by atomic mass is 10.2. The highest BCUT2D eigenvalue weighted by molar-refractivity contribution is 7.89. The Morgan fingerprint density at radius 1 is 1.38 bits per heavy atom. The maximum Gasteiger partial charge on any atom is 0.350 e. The highest BCUT2D eigenvalue weighted by Crippen LogP contribution is 2.16. The fourth-order valence-corrected chi connectivity index (χ4v) is 3.29. The molecule has 0 saturated carbocycles. The Hall–Kier alpha value is -2.11. The van der Waals surface area contributed by atoms with E-state index in [2.05, 4.69) is 15.4 Å². The van der Waals surface area contributed by atoms with Crippen LogP contribution >= 0.6 is 12.2 Å². The first-order valence-electron chi connectivity index (χ1n) is 8.11. The van der Waals surface area contributed by atoms with Crippen LogP contribution < -0.4 is 15.9 Å². The second-order valence-electron chi connectivity index (χ2n) is 5.85. The number of thiocarbonyl (C=S) groups is 1. The monoisotopic (exact) mass is 399 g/mol. The van der Waals surface area contributed by atoms with Crippen LogP contribution in [-0.4, -0.2) is 33.5 Å². The van der Waals surface area contributed by atoms with Crippen LogP contribution in [0.5, 0.6) is 0 Å². The van der Waals surface area contributed by atoms with Crippen molar-refractivity contribution in [1.29, 1.82) is 0 Å². The van der Waals surface area contributed by atoms with Gasteiger partial charge in [-0.3, -0.25) is 9.99 Å². The zero-order chi connectivity index (χ0) is 18.9. The third kappa shape index (κ3) is 3.69. The van der Waals surface area contributed by atoms with Crippen molar-refractivity contribution in [2.75, 3.05) is 5.75 Å². The van der Waals surface area contributed by atoms with Crippen LogP contribution in [0.3, 0.4) is 0 Å². The molecular weight excluding hydrogens is 381 g/mol. The molecule has 2 aromatic rings. The number of hydrazine groups is 1. The fraction of sp³-hybridized carbons (Fsp3) is 0.400. The summed E-state index contributed by atoms with van der Waals surface area (Å²) in [6, 6.07) is 3.93. The van der Waals surface area contributed by atoms with Crippen molar-refractivity contribution in [3.8, 4) is 5.69 Å². The molecule has 0 fully saturated rings. The maximum absolute atomic E-state index is 14.3.